The molecular weight excluding hydrogens is 276 g/mol. The molecule has 17 heavy (non-hydrogen) atoms. The molecule has 0 N–H and O–H groups in total. The van der Waals surface area contributed by atoms with Crippen LogP contribution in [0.25, 0.3) is 0 Å². The molecule has 1 aromatic carbocycles. The fourth-order valence-corrected chi connectivity index (χ4v) is 3.46. The molecular formula is C15H21BrO. The Kier molecular flexibility index (Phi) is 5.05. The number of halogens is 1. The molecule has 0 saturated heterocycles. The maximum Gasteiger partial charge on any atom is 0.0580 e. The molecule has 0 bridgehead atoms. The van der Waals surface area contributed by atoms with E-state index in [4.69, 9.17) is 4.74 Å². The molecule has 0 radical (unpaired) electrons. The molecule has 0 heterocycles. The Morgan fingerprint density at radius 3 is 2.65 bits per heavy atom. The van der Waals surface area contributed by atoms with Crippen LogP contribution < -0.4 is 0 Å². The predicted octanol–water partition coefficient (Wildman–Crippen LogP) is 4.20. The highest BCUT2D eigenvalue weighted by Crippen LogP contribution is 2.35. The average Bonchev–Trinajstić information content (AvgIpc) is 2.27. The Hall–Kier alpha value is -0.340. The molecule has 1 unspecified atom stereocenters. The van der Waals surface area contributed by atoms with E-state index in [-0.39, 0.29) is 0 Å². The van der Waals surface area contributed by atoms with Gasteiger partial charge in [-0.3, -0.25) is 0 Å². The Balaban J connectivity index is 1.67. The van der Waals surface area contributed by atoms with E-state index in [0.29, 0.717) is 10.9 Å². The first-order chi connectivity index (χ1) is 8.28. The van der Waals surface area contributed by atoms with Crippen LogP contribution in [0, 0.1) is 5.92 Å². The summed E-state index contributed by atoms with van der Waals surface area (Å²) in [7, 11) is 0. The number of benzene rings is 1. The van der Waals surface area contributed by atoms with Crippen LogP contribution in [0.15, 0.2) is 30.3 Å². The predicted molar refractivity (Wildman–Crippen MR) is 75.6 cm³/mol. The van der Waals surface area contributed by atoms with Gasteiger partial charge in [-0.15, -0.1) is 0 Å². The van der Waals surface area contributed by atoms with E-state index in [1.807, 2.05) is 0 Å². The van der Waals surface area contributed by atoms with Crippen molar-refractivity contribution < 1.29 is 4.74 Å². The van der Waals surface area contributed by atoms with Gasteiger partial charge in [-0.25, -0.2) is 0 Å². The van der Waals surface area contributed by atoms with Crippen LogP contribution in [0.4, 0.5) is 0 Å². The highest BCUT2D eigenvalue weighted by atomic mass is 79.9. The van der Waals surface area contributed by atoms with Crippen LogP contribution in [0.3, 0.4) is 0 Å². The van der Waals surface area contributed by atoms with Crippen LogP contribution in [-0.4, -0.2) is 17.5 Å². The number of hydrogen-bond donors (Lipinski definition) is 0. The lowest BCUT2D eigenvalue weighted by Crippen LogP contribution is -2.33. The van der Waals surface area contributed by atoms with Gasteiger partial charge < -0.3 is 4.74 Å². The minimum absolute atomic E-state index is 0.543. The molecule has 2 heteroatoms. The maximum absolute atomic E-state index is 5.59. The highest BCUT2D eigenvalue weighted by molar-refractivity contribution is 9.09. The van der Waals surface area contributed by atoms with E-state index in [1.54, 1.807) is 0 Å². The van der Waals surface area contributed by atoms with E-state index < -0.39 is 0 Å². The zero-order valence-electron chi connectivity index (χ0n) is 10.4. The van der Waals surface area contributed by atoms with E-state index in [9.17, 15) is 0 Å². The van der Waals surface area contributed by atoms with Crippen molar-refractivity contribution in [1.82, 2.24) is 0 Å². The van der Waals surface area contributed by atoms with Crippen molar-refractivity contribution in [2.75, 3.05) is 6.61 Å². The third-order valence-electron chi connectivity index (χ3n) is 3.48. The molecule has 0 aliphatic heterocycles. The van der Waals surface area contributed by atoms with Gasteiger partial charge in [0, 0.05) is 11.4 Å². The quantitative estimate of drug-likeness (QED) is 0.715. The lowest BCUT2D eigenvalue weighted by atomic mass is 9.79. The van der Waals surface area contributed by atoms with Crippen molar-refractivity contribution in [3.63, 3.8) is 0 Å². The van der Waals surface area contributed by atoms with Gasteiger partial charge in [0.05, 0.1) is 6.10 Å². The van der Waals surface area contributed by atoms with Crippen molar-refractivity contribution in [3.8, 4) is 0 Å². The van der Waals surface area contributed by atoms with E-state index in [1.165, 1.54) is 24.8 Å². The summed E-state index contributed by atoms with van der Waals surface area (Å²) >= 11 is 3.81. The van der Waals surface area contributed by atoms with Gasteiger partial charge in [0.15, 0.2) is 0 Å². The van der Waals surface area contributed by atoms with E-state index in [2.05, 4.69) is 53.2 Å². The lowest BCUT2D eigenvalue weighted by molar-refractivity contribution is -0.0263. The molecule has 0 spiro atoms. The molecule has 0 aromatic heterocycles. The van der Waals surface area contributed by atoms with Crippen molar-refractivity contribution in [3.05, 3.63) is 35.9 Å². The Morgan fingerprint density at radius 1 is 1.29 bits per heavy atom. The zero-order chi connectivity index (χ0) is 12.1. The third-order valence-corrected chi connectivity index (χ3v) is 4.18. The summed E-state index contributed by atoms with van der Waals surface area (Å²) in [5.74, 6) is 0.861. The molecule has 1 nitrogen and oxygen atoms in total. The number of alkyl halides is 1. The van der Waals surface area contributed by atoms with Crippen LogP contribution >= 0.6 is 15.9 Å². The van der Waals surface area contributed by atoms with Crippen LogP contribution in [-0.2, 0) is 11.2 Å². The van der Waals surface area contributed by atoms with Gasteiger partial charge in [0.2, 0.25) is 0 Å². The SMILES string of the molecule is CCOC1CC(CC(Br)Cc2ccccc2)C1. The fourth-order valence-electron chi connectivity index (χ4n) is 2.55. The van der Waals surface area contributed by atoms with Crippen molar-refractivity contribution in [2.45, 2.75) is 43.5 Å². The molecule has 2 rings (SSSR count). The minimum atomic E-state index is 0.543. The summed E-state index contributed by atoms with van der Waals surface area (Å²) in [4.78, 5) is 0.609. The average molecular weight is 297 g/mol. The van der Waals surface area contributed by atoms with Crippen LogP contribution in [0.5, 0.6) is 0 Å². The lowest BCUT2D eigenvalue weighted by Gasteiger charge is -2.36. The summed E-state index contributed by atoms with van der Waals surface area (Å²) in [5, 5.41) is 0. The summed E-state index contributed by atoms with van der Waals surface area (Å²) < 4.78 is 5.59. The first-order valence-electron chi connectivity index (χ1n) is 6.57. The van der Waals surface area contributed by atoms with Crippen molar-refractivity contribution in [2.24, 2.45) is 5.92 Å². The number of ether oxygens (including phenoxy) is 1. The summed E-state index contributed by atoms with van der Waals surface area (Å²) in [6.07, 6.45) is 5.46. The first-order valence-corrected chi connectivity index (χ1v) is 7.49. The Labute approximate surface area is 113 Å². The smallest absolute Gasteiger partial charge is 0.0580 e. The molecule has 1 saturated carbocycles. The molecule has 1 aliphatic carbocycles. The Bertz CT molecular complexity index is 319. The second-order valence-corrected chi connectivity index (χ2v) is 6.23. The number of rotatable bonds is 6. The van der Waals surface area contributed by atoms with Crippen LogP contribution in [0.1, 0.15) is 31.7 Å². The first kappa shape index (κ1) is 13.1. The largest absolute Gasteiger partial charge is 0.378 e. The fraction of sp³-hybridized carbons (Fsp3) is 0.600. The summed E-state index contributed by atoms with van der Waals surface area (Å²) in [5.41, 5.74) is 1.43. The molecule has 1 fully saturated rings. The molecule has 0 amide bonds. The van der Waals surface area contributed by atoms with Crippen molar-refractivity contribution >= 4 is 15.9 Å². The van der Waals surface area contributed by atoms with E-state index >= 15 is 0 Å². The summed E-state index contributed by atoms with van der Waals surface area (Å²) in [6.45, 7) is 2.94. The van der Waals surface area contributed by atoms with Gasteiger partial charge in [-0.1, -0.05) is 46.3 Å². The summed E-state index contributed by atoms with van der Waals surface area (Å²) in [6, 6.07) is 10.7. The molecule has 1 aromatic rings. The molecule has 94 valence electrons. The maximum atomic E-state index is 5.59. The van der Waals surface area contributed by atoms with Gasteiger partial charge in [-0.2, -0.15) is 0 Å². The zero-order valence-corrected chi connectivity index (χ0v) is 12.0. The number of hydrogen-bond acceptors (Lipinski definition) is 1. The van der Waals surface area contributed by atoms with Gasteiger partial charge in [0.1, 0.15) is 0 Å². The molecule has 1 aliphatic rings. The Morgan fingerprint density at radius 2 is 2.00 bits per heavy atom. The second kappa shape index (κ2) is 6.55. The standard InChI is InChI=1S/C15H21BrO/c1-2-17-15-10-13(11-15)9-14(16)8-12-6-4-3-5-7-12/h3-7,13-15H,2,8-11H2,1H3. The second-order valence-electron chi connectivity index (χ2n) is 4.94. The van der Waals surface area contributed by atoms with Crippen molar-refractivity contribution in [1.29, 1.82) is 0 Å². The van der Waals surface area contributed by atoms with Gasteiger partial charge in [0.25, 0.3) is 0 Å². The highest BCUT2D eigenvalue weighted by Gasteiger charge is 2.30. The topological polar surface area (TPSA) is 9.23 Å². The van der Waals surface area contributed by atoms with Gasteiger partial charge in [-0.05, 0) is 44.1 Å². The van der Waals surface area contributed by atoms with E-state index in [0.717, 1.165) is 18.9 Å². The monoisotopic (exact) mass is 296 g/mol. The minimum Gasteiger partial charge on any atom is -0.378 e. The van der Waals surface area contributed by atoms with Gasteiger partial charge >= 0.3 is 0 Å². The normalized spacial score (nSPS) is 25.3. The third kappa shape index (κ3) is 4.11. The molecule has 1 atom stereocenters. The van der Waals surface area contributed by atoms with Crippen LogP contribution in [0.2, 0.25) is 0 Å².